The predicted octanol–water partition coefficient (Wildman–Crippen LogP) is 2.58. The van der Waals surface area contributed by atoms with Gasteiger partial charge in [-0.2, -0.15) is 0 Å². The zero-order valence-electron chi connectivity index (χ0n) is 8.73. The first-order valence-electron chi connectivity index (χ1n) is 5.53. The number of benzene rings is 1. The average molecular weight is 204 g/mol. The minimum Gasteiger partial charge on any atom is -0.388 e. The number of carbonyl (C=O) groups is 1. The first-order chi connectivity index (χ1) is 7.31. The Hall–Kier alpha value is -1.15. The Morgan fingerprint density at radius 3 is 2.53 bits per heavy atom. The van der Waals surface area contributed by atoms with E-state index in [-0.39, 0.29) is 0 Å². The summed E-state index contributed by atoms with van der Waals surface area (Å²) in [4.78, 5) is 10.2. The van der Waals surface area contributed by atoms with E-state index in [0.29, 0.717) is 12.8 Å². The van der Waals surface area contributed by atoms with Gasteiger partial charge in [-0.1, -0.05) is 24.3 Å². The van der Waals surface area contributed by atoms with Crippen LogP contribution in [0, 0.1) is 0 Å². The number of carbonyl (C=O) groups excluding carboxylic acids is 1. The third kappa shape index (κ3) is 2.66. The van der Waals surface area contributed by atoms with E-state index >= 15 is 0 Å². The highest BCUT2D eigenvalue weighted by atomic mass is 16.3. The van der Waals surface area contributed by atoms with Crippen molar-refractivity contribution in [3.8, 4) is 0 Å². The van der Waals surface area contributed by atoms with Gasteiger partial charge in [-0.15, -0.1) is 0 Å². The molecule has 1 unspecified atom stereocenters. The van der Waals surface area contributed by atoms with Gasteiger partial charge in [0.1, 0.15) is 6.29 Å². The fourth-order valence-electron chi connectivity index (χ4n) is 1.80. The van der Waals surface area contributed by atoms with Crippen LogP contribution in [0.1, 0.15) is 48.8 Å². The average Bonchev–Trinajstić information content (AvgIpc) is 3.10. The standard InChI is InChI=1S/C13H16O2/c14-9-1-2-13(15)12-7-5-11(6-8-12)10-3-4-10/h5-10,13,15H,1-4H2. The van der Waals surface area contributed by atoms with Gasteiger partial charge in [0.05, 0.1) is 6.10 Å². The minimum atomic E-state index is -0.497. The fraction of sp³-hybridized carbons (Fsp3) is 0.462. The smallest absolute Gasteiger partial charge is 0.120 e. The third-order valence-electron chi connectivity index (χ3n) is 2.93. The van der Waals surface area contributed by atoms with Crippen molar-refractivity contribution in [1.29, 1.82) is 0 Å². The summed E-state index contributed by atoms with van der Waals surface area (Å²) in [5.74, 6) is 0.756. The van der Waals surface area contributed by atoms with Crippen LogP contribution in [0.4, 0.5) is 0 Å². The highest BCUT2D eigenvalue weighted by Crippen LogP contribution is 2.40. The van der Waals surface area contributed by atoms with Gasteiger partial charge < -0.3 is 9.90 Å². The molecule has 1 N–H and O–H groups in total. The van der Waals surface area contributed by atoms with Crippen LogP contribution in [0.2, 0.25) is 0 Å². The molecule has 1 aliphatic carbocycles. The second-order valence-electron chi connectivity index (χ2n) is 4.20. The molecular weight excluding hydrogens is 188 g/mol. The number of hydrogen-bond acceptors (Lipinski definition) is 2. The zero-order chi connectivity index (χ0) is 10.7. The quantitative estimate of drug-likeness (QED) is 0.748. The lowest BCUT2D eigenvalue weighted by Crippen LogP contribution is -1.97. The molecule has 0 heterocycles. The van der Waals surface area contributed by atoms with E-state index in [0.717, 1.165) is 17.8 Å². The molecule has 1 aromatic rings. The highest BCUT2D eigenvalue weighted by molar-refractivity contribution is 5.49. The summed E-state index contributed by atoms with van der Waals surface area (Å²) in [5, 5.41) is 9.74. The molecule has 0 bridgehead atoms. The number of aliphatic hydroxyl groups is 1. The molecule has 0 aliphatic heterocycles. The maximum Gasteiger partial charge on any atom is 0.120 e. The maximum atomic E-state index is 10.2. The van der Waals surface area contributed by atoms with Crippen LogP contribution in [0.5, 0.6) is 0 Å². The Balaban J connectivity index is 1.98. The molecule has 1 aliphatic rings. The molecule has 0 amide bonds. The van der Waals surface area contributed by atoms with Crippen molar-refractivity contribution >= 4 is 6.29 Å². The maximum absolute atomic E-state index is 10.2. The zero-order valence-corrected chi connectivity index (χ0v) is 8.73. The molecule has 2 rings (SSSR count). The Morgan fingerprint density at radius 1 is 1.33 bits per heavy atom. The summed E-state index contributed by atoms with van der Waals surface area (Å²) >= 11 is 0. The summed E-state index contributed by atoms with van der Waals surface area (Å²) in [6.45, 7) is 0. The first-order valence-corrected chi connectivity index (χ1v) is 5.53. The van der Waals surface area contributed by atoms with Gasteiger partial charge >= 0.3 is 0 Å². The number of hydrogen-bond donors (Lipinski definition) is 1. The van der Waals surface area contributed by atoms with Gasteiger partial charge in [0.15, 0.2) is 0 Å². The normalized spacial score (nSPS) is 17.4. The molecule has 0 spiro atoms. The Morgan fingerprint density at radius 2 is 2.00 bits per heavy atom. The number of rotatable bonds is 5. The van der Waals surface area contributed by atoms with E-state index in [4.69, 9.17) is 0 Å². The van der Waals surface area contributed by atoms with Gasteiger partial charge in [0, 0.05) is 6.42 Å². The molecule has 1 atom stereocenters. The van der Waals surface area contributed by atoms with Gasteiger partial charge in [0.2, 0.25) is 0 Å². The van der Waals surface area contributed by atoms with E-state index < -0.39 is 6.10 Å². The predicted molar refractivity (Wildman–Crippen MR) is 58.7 cm³/mol. The molecule has 1 aromatic carbocycles. The Labute approximate surface area is 89.9 Å². The molecular formula is C13H16O2. The van der Waals surface area contributed by atoms with Gasteiger partial charge in [-0.25, -0.2) is 0 Å². The summed E-state index contributed by atoms with van der Waals surface area (Å²) in [7, 11) is 0. The number of aldehydes is 1. The van der Waals surface area contributed by atoms with Crippen molar-refractivity contribution in [1.82, 2.24) is 0 Å². The van der Waals surface area contributed by atoms with Crippen LogP contribution in [-0.2, 0) is 4.79 Å². The lowest BCUT2D eigenvalue weighted by Gasteiger charge is -2.09. The highest BCUT2D eigenvalue weighted by Gasteiger charge is 2.23. The van der Waals surface area contributed by atoms with E-state index in [9.17, 15) is 9.90 Å². The molecule has 1 saturated carbocycles. The van der Waals surface area contributed by atoms with Crippen molar-refractivity contribution in [2.24, 2.45) is 0 Å². The van der Waals surface area contributed by atoms with Crippen molar-refractivity contribution in [2.45, 2.75) is 37.7 Å². The second-order valence-corrected chi connectivity index (χ2v) is 4.20. The molecule has 1 fully saturated rings. The van der Waals surface area contributed by atoms with Gasteiger partial charge in [0.25, 0.3) is 0 Å². The minimum absolute atomic E-state index is 0.422. The van der Waals surface area contributed by atoms with Crippen LogP contribution < -0.4 is 0 Å². The molecule has 0 saturated heterocycles. The lowest BCUT2D eigenvalue weighted by atomic mass is 10.0. The molecule has 2 nitrogen and oxygen atoms in total. The SMILES string of the molecule is O=CCCC(O)c1ccc(C2CC2)cc1. The van der Waals surface area contributed by atoms with E-state index in [1.807, 2.05) is 12.1 Å². The topological polar surface area (TPSA) is 37.3 Å². The van der Waals surface area contributed by atoms with Crippen LogP contribution in [0.3, 0.4) is 0 Å². The van der Waals surface area contributed by atoms with Crippen molar-refractivity contribution in [3.05, 3.63) is 35.4 Å². The Bertz CT molecular complexity index is 325. The Kier molecular flexibility index (Phi) is 3.17. The lowest BCUT2D eigenvalue weighted by molar-refractivity contribution is -0.108. The van der Waals surface area contributed by atoms with E-state index in [2.05, 4.69) is 12.1 Å². The fourth-order valence-corrected chi connectivity index (χ4v) is 1.80. The summed E-state index contributed by atoms with van der Waals surface area (Å²) < 4.78 is 0. The molecule has 2 heteroatoms. The molecule has 15 heavy (non-hydrogen) atoms. The van der Waals surface area contributed by atoms with Crippen LogP contribution in [-0.4, -0.2) is 11.4 Å². The van der Waals surface area contributed by atoms with Crippen LogP contribution in [0.25, 0.3) is 0 Å². The van der Waals surface area contributed by atoms with Crippen LogP contribution >= 0.6 is 0 Å². The second kappa shape index (κ2) is 4.58. The van der Waals surface area contributed by atoms with Crippen LogP contribution in [0.15, 0.2) is 24.3 Å². The molecule has 80 valence electrons. The van der Waals surface area contributed by atoms with E-state index in [1.54, 1.807) is 0 Å². The third-order valence-corrected chi connectivity index (χ3v) is 2.93. The van der Waals surface area contributed by atoms with Crippen molar-refractivity contribution in [3.63, 3.8) is 0 Å². The monoisotopic (exact) mass is 204 g/mol. The summed E-state index contributed by atoms with van der Waals surface area (Å²) in [5.41, 5.74) is 2.29. The molecule has 0 radical (unpaired) electrons. The van der Waals surface area contributed by atoms with E-state index in [1.165, 1.54) is 18.4 Å². The summed E-state index contributed by atoms with van der Waals surface area (Å²) in [6.07, 6.45) is 3.89. The van der Waals surface area contributed by atoms with Gasteiger partial charge in [-0.3, -0.25) is 0 Å². The summed E-state index contributed by atoms with van der Waals surface area (Å²) in [6, 6.07) is 8.14. The van der Waals surface area contributed by atoms with Gasteiger partial charge in [-0.05, 0) is 36.3 Å². The molecule has 0 aromatic heterocycles. The first kappa shape index (κ1) is 10.4. The van der Waals surface area contributed by atoms with Crippen molar-refractivity contribution < 1.29 is 9.90 Å². The number of aliphatic hydroxyl groups excluding tert-OH is 1. The largest absolute Gasteiger partial charge is 0.388 e. The van der Waals surface area contributed by atoms with Crippen molar-refractivity contribution in [2.75, 3.05) is 0 Å².